The van der Waals surface area contributed by atoms with Crippen LogP contribution >= 0.6 is 23.8 Å². The minimum absolute atomic E-state index is 0.138. The second kappa shape index (κ2) is 7.03. The van der Waals surface area contributed by atoms with Gasteiger partial charge in [-0.25, -0.2) is 4.99 Å². The summed E-state index contributed by atoms with van der Waals surface area (Å²) in [6, 6.07) is 15.9. The molecular weight excluding hydrogens is 452 g/mol. The smallest absolute Gasteiger partial charge is 0.272 e. The Morgan fingerprint density at radius 1 is 1.21 bits per heavy atom. The van der Waals surface area contributed by atoms with E-state index in [4.69, 9.17) is 28.8 Å². The zero-order valence-electron chi connectivity index (χ0n) is 19.0. The second-order valence-electron chi connectivity index (χ2n) is 10.4. The zero-order chi connectivity index (χ0) is 23.1. The molecule has 4 aliphatic rings. The monoisotopic (exact) mass is 478 g/mol. The molecule has 1 spiro atoms. The number of amides is 1. The lowest BCUT2D eigenvalue weighted by Gasteiger charge is -2.27. The number of hydrogen-bond donors (Lipinski definition) is 1. The maximum absolute atomic E-state index is 13.5. The van der Waals surface area contributed by atoms with Crippen LogP contribution in [0.5, 0.6) is 0 Å². The Balaban J connectivity index is 1.37. The molecule has 0 bridgehead atoms. The maximum Gasteiger partial charge on any atom is 0.272 e. The fourth-order valence-corrected chi connectivity index (χ4v) is 6.89. The van der Waals surface area contributed by atoms with E-state index in [2.05, 4.69) is 24.1 Å². The number of aliphatic imine (C=N–C) groups is 1. The summed E-state index contributed by atoms with van der Waals surface area (Å²) in [5.41, 5.74) is 3.73. The molecule has 2 aliphatic heterocycles. The number of benzene rings is 2. The van der Waals surface area contributed by atoms with Crippen molar-refractivity contribution in [3.63, 3.8) is 0 Å². The summed E-state index contributed by atoms with van der Waals surface area (Å²) < 4.78 is 0. The van der Waals surface area contributed by atoms with E-state index >= 15 is 0 Å². The van der Waals surface area contributed by atoms with Crippen LogP contribution in [0.25, 0.3) is 0 Å². The third kappa shape index (κ3) is 3.07. The van der Waals surface area contributed by atoms with E-state index in [1.54, 1.807) is 18.0 Å². The number of carbonyl (C=O) groups excluding carboxylic acids is 1. The number of anilines is 1. The normalized spacial score (nSPS) is 31.0. The number of likely N-dealkylation sites (N-methyl/N-ethyl adjacent to an activating group) is 1. The Labute approximate surface area is 204 Å². The maximum atomic E-state index is 13.5. The largest absolute Gasteiger partial charge is 0.335 e. The van der Waals surface area contributed by atoms with Gasteiger partial charge < -0.3 is 15.1 Å². The first kappa shape index (κ1) is 21.1. The lowest BCUT2D eigenvalue weighted by atomic mass is 9.77. The van der Waals surface area contributed by atoms with Crippen molar-refractivity contribution in [3.8, 4) is 0 Å². The van der Waals surface area contributed by atoms with Gasteiger partial charge in [0.15, 0.2) is 5.11 Å². The van der Waals surface area contributed by atoms with Crippen LogP contribution < -0.4 is 10.2 Å². The van der Waals surface area contributed by atoms with Gasteiger partial charge in [0, 0.05) is 23.2 Å². The third-order valence-electron chi connectivity index (χ3n) is 8.03. The number of benzodiazepines with no additional fused rings is 1. The van der Waals surface area contributed by atoms with Crippen LogP contribution in [0.4, 0.5) is 5.69 Å². The van der Waals surface area contributed by atoms with Crippen LogP contribution in [-0.4, -0.2) is 46.4 Å². The van der Waals surface area contributed by atoms with E-state index in [-0.39, 0.29) is 16.9 Å². The van der Waals surface area contributed by atoms with Crippen LogP contribution in [0.1, 0.15) is 44.2 Å². The van der Waals surface area contributed by atoms with E-state index in [1.165, 1.54) is 19.3 Å². The fourth-order valence-electron chi connectivity index (χ4n) is 6.33. The molecule has 2 saturated carbocycles. The Morgan fingerprint density at radius 3 is 2.70 bits per heavy atom. The van der Waals surface area contributed by atoms with Gasteiger partial charge in [0.2, 0.25) is 6.17 Å². The molecule has 5 nitrogen and oxygen atoms in total. The summed E-state index contributed by atoms with van der Waals surface area (Å²) in [6.07, 6.45) is 2.90. The van der Waals surface area contributed by atoms with Gasteiger partial charge in [-0.15, -0.1) is 0 Å². The number of rotatable bonds is 2. The summed E-state index contributed by atoms with van der Waals surface area (Å²) in [7, 11) is 1.78. The predicted molar refractivity (Wildman–Crippen MR) is 136 cm³/mol. The number of nitrogens with zero attached hydrogens (tertiary/aromatic N) is 3. The zero-order valence-corrected chi connectivity index (χ0v) is 20.6. The number of likely N-dealkylation sites (tertiary alicyclic amines) is 1. The average molecular weight is 479 g/mol. The molecule has 33 heavy (non-hydrogen) atoms. The van der Waals surface area contributed by atoms with Crippen LogP contribution in [-0.2, 0) is 4.79 Å². The minimum Gasteiger partial charge on any atom is -0.335 e. The highest BCUT2D eigenvalue weighted by Gasteiger charge is 2.82. The van der Waals surface area contributed by atoms with Crippen molar-refractivity contribution in [2.75, 3.05) is 11.9 Å². The molecule has 170 valence electrons. The van der Waals surface area contributed by atoms with E-state index < -0.39 is 6.17 Å². The number of halogens is 1. The third-order valence-corrected chi connectivity index (χ3v) is 8.58. The molecule has 6 rings (SSSR count). The van der Waals surface area contributed by atoms with Crippen molar-refractivity contribution >= 4 is 46.2 Å². The summed E-state index contributed by atoms with van der Waals surface area (Å²) in [5, 5.41) is 4.59. The molecule has 2 heterocycles. The Kier molecular flexibility index (Phi) is 4.50. The number of thiocarbonyl (C=S) groups is 1. The molecule has 2 aromatic rings. The quantitative estimate of drug-likeness (QED) is 0.505. The van der Waals surface area contributed by atoms with E-state index in [0.717, 1.165) is 28.4 Å². The number of fused-ring (bicyclic) bond motifs is 1. The summed E-state index contributed by atoms with van der Waals surface area (Å²) in [5.74, 6) is 0.596. The molecule has 3 fully saturated rings. The Bertz CT molecular complexity index is 1210. The molecule has 1 amide bonds. The van der Waals surface area contributed by atoms with Crippen LogP contribution in [0.2, 0.25) is 5.02 Å². The van der Waals surface area contributed by atoms with Crippen molar-refractivity contribution in [3.05, 3.63) is 64.7 Å². The van der Waals surface area contributed by atoms with Gasteiger partial charge in [0.1, 0.15) is 0 Å². The number of carbonyl (C=O) groups is 1. The summed E-state index contributed by atoms with van der Waals surface area (Å²) in [4.78, 5) is 22.5. The lowest BCUT2D eigenvalue weighted by Crippen LogP contribution is -2.48. The fraction of sp³-hybridized carbons (Fsp3) is 0.423. The van der Waals surface area contributed by atoms with Gasteiger partial charge >= 0.3 is 0 Å². The molecule has 2 aliphatic carbocycles. The Hall–Kier alpha value is -2.44. The first-order valence-electron chi connectivity index (χ1n) is 11.5. The van der Waals surface area contributed by atoms with E-state index in [9.17, 15) is 4.79 Å². The molecular formula is C26H27ClN4OS. The average Bonchev–Trinajstić information content (AvgIpc) is 3.69. The molecule has 0 radical (unpaired) electrons. The van der Waals surface area contributed by atoms with Crippen LogP contribution in [0, 0.1) is 11.3 Å². The van der Waals surface area contributed by atoms with Crippen molar-refractivity contribution in [2.24, 2.45) is 16.3 Å². The predicted octanol–water partition coefficient (Wildman–Crippen LogP) is 4.62. The molecule has 4 atom stereocenters. The minimum atomic E-state index is -0.803. The van der Waals surface area contributed by atoms with E-state index in [0.29, 0.717) is 16.2 Å². The van der Waals surface area contributed by atoms with Crippen molar-refractivity contribution < 1.29 is 4.79 Å². The molecule has 7 heteroatoms. The van der Waals surface area contributed by atoms with Gasteiger partial charge in [0.05, 0.1) is 23.0 Å². The van der Waals surface area contributed by atoms with Gasteiger partial charge in [-0.2, -0.15) is 0 Å². The number of hydrogen-bond acceptors (Lipinski definition) is 3. The molecule has 4 unspecified atom stereocenters. The first-order chi connectivity index (χ1) is 15.7. The second-order valence-corrected chi connectivity index (χ2v) is 11.3. The molecule has 2 aromatic carbocycles. The standard InChI is InChI=1S/C26H27ClN4OS/c1-25(2)12-11-16-14-26(16)23(25)31(26)24(33)29-21-22(32)30(3)19-10-9-17(27)13-18(19)20(28-21)15-7-5-4-6-8-15/h4-10,13,16,21,23H,11-12,14H2,1-3H3,(H,29,33). The van der Waals surface area contributed by atoms with Crippen molar-refractivity contribution in [1.29, 1.82) is 0 Å². The van der Waals surface area contributed by atoms with Crippen molar-refractivity contribution in [1.82, 2.24) is 10.2 Å². The SMILES string of the molecule is CN1C(=O)C(NC(=S)N2C3C(C)(C)CCC4CC432)N=C(c2ccccc2)c2cc(Cl)ccc21. The van der Waals surface area contributed by atoms with Gasteiger partial charge in [0.25, 0.3) is 5.91 Å². The van der Waals surface area contributed by atoms with Gasteiger partial charge in [-0.05, 0) is 61.0 Å². The highest BCUT2D eigenvalue weighted by atomic mass is 35.5. The summed E-state index contributed by atoms with van der Waals surface area (Å²) >= 11 is 12.2. The highest BCUT2D eigenvalue weighted by Crippen LogP contribution is 2.74. The van der Waals surface area contributed by atoms with Gasteiger partial charge in [-0.1, -0.05) is 55.8 Å². The van der Waals surface area contributed by atoms with Gasteiger partial charge in [-0.3, -0.25) is 4.79 Å². The van der Waals surface area contributed by atoms with Crippen molar-refractivity contribution in [2.45, 2.75) is 50.9 Å². The molecule has 1 N–H and O–H groups in total. The lowest BCUT2D eigenvalue weighted by molar-refractivity contribution is -0.119. The number of nitrogens with one attached hydrogen (secondary N) is 1. The van der Waals surface area contributed by atoms with Crippen LogP contribution in [0.3, 0.4) is 0 Å². The highest BCUT2D eigenvalue weighted by molar-refractivity contribution is 7.80. The molecule has 0 aromatic heterocycles. The summed E-state index contributed by atoms with van der Waals surface area (Å²) in [6.45, 7) is 4.68. The topological polar surface area (TPSA) is 47.7 Å². The van der Waals surface area contributed by atoms with Crippen LogP contribution in [0.15, 0.2) is 53.5 Å². The Morgan fingerprint density at radius 2 is 1.97 bits per heavy atom. The van der Waals surface area contributed by atoms with E-state index in [1.807, 2.05) is 42.5 Å². The molecule has 1 saturated heterocycles. The first-order valence-corrected chi connectivity index (χ1v) is 12.3.